The predicted octanol–water partition coefficient (Wildman–Crippen LogP) is 2.32. The van der Waals surface area contributed by atoms with E-state index in [4.69, 9.17) is 0 Å². The van der Waals surface area contributed by atoms with Gasteiger partial charge in [-0.15, -0.1) is 16.4 Å². The van der Waals surface area contributed by atoms with E-state index in [9.17, 15) is 0 Å². The van der Waals surface area contributed by atoms with Gasteiger partial charge in [0, 0.05) is 11.1 Å². The zero-order chi connectivity index (χ0) is 11.7. The molecule has 0 bridgehead atoms. The maximum Gasteiger partial charge on any atom is 0.209 e. The van der Waals surface area contributed by atoms with Gasteiger partial charge in [-0.25, -0.2) is 9.67 Å². The van der Waals surface area contributed by atoms with Crippen molar-refractivity contribution in [2.45, 2.75) is 43.1 Å². The highest BCUT2D eigenvalue weighted by atomic mass is 32.2. The summed E-state index contributed by atoms with van der Waals surface area (Å²) < 4.78 is 1.94. The summed E-state index contributed by atoms with van der Waals surface area (Å²) in [6.07, 6.45) is 3.42. The van der Waals surface area contributed by atoms with E-state index in [1.54, 1.807) is 23.1 Å². The van der Waals surface area contributed by atoms with Crippen LogP contribution in [-0.2, 0) is 12.2 Å². The maximum atomic E-state index is 4.54. The van der Waals surface area contributed by atoms with Crippen molar-refractivity contribution < 1.29 is 0 Å². The molecule has 0 aromatic carbocycles. The molecule has 17 heavy (non-hydrogen) atoms. The SMILES string of the molecule is CCc1nc(CSc2nnnn2C2CC2)cs1. The van der Waals surface area contributed by atoms with E-state index in [0.29, 0.717) is 6.04 Å². The van der Waals surface area contributed by atoms with Crippen molar-refractivity contribution in [3.63, 3.8) is 0 Å². The Balaban J connectivity index is 1.64. The first-order chi connectivity index (χ1) is 8.36. The van der Waals surface area contributed by atoms with Crippen LogP contribution in [0, 0.1) is 0 Å². The second kappa shape index (κ2) is 4.73. The quantitative estimate of drug-likeness (QED) is 0.778. The molecule has 0 N–H and O–H groups in total. The Morgan fingerprint density at radius 3 is 3.12 bits per heavy atom. The third kappa shape index (κ3) is 2.50. The molecule has 1 aliphatic carbocycles. The average Bonchev–Trinajstić information content (AvgIpc) is 2.93. The van der Waals surface area contributed by atoms with Gasteiger partial charge < -0.3 is 0 Å². The van der Waals surface area contributed by atoms with Crippen molar-refractivity contribution in [3.05, 3.63) is 16.1 Å². The second-order valence-corrected chi connectivity index (χ2v) is 5.90. The van der Waals surface area contributed by atoms with Gasteiger partial charge in [-0.2, -0.15) is 0 Å². The summed E-state index contributed by atoms with van der Waals surface area (Å²) in [6, 6.07) is 0.536. The van der Waals surface area contributed by atoms with Gasteiger partial charge in [-0.3, -0.25) is 0 Å². The molecular formula is C10H13N5S2. The van der Waals surface area contributed by atoms with Gasteiger partial charge in [0.15, 0.2) is 0 Å². The smallest absolute Gasteiger partial charge is 0.209 e. The van der Waals surface area contributed by atoms with Gasteiger partial charge in [0.2, 0.25) is 5.16 Å². The zero-order valence-electron chi connectivity index (χ0n) is 9.54. The van der Waals surface area contributed by atoms with Crippen LogP contribution < -0.4 is 0 Å². The summed E-state index contributed by atoms with van der Waals surface area (Å²) in [7, 11) is 0. The van der Waals surface area contributed by atoms with Crippen LogP contribution in [0.3, 0.4) is 0 Å². The molecule has 3 rings (SSSR count). The molecule has 0 amide bonds. The monoisotopic (exact) mass is 267 g/mol. The van der Waals surface area contributed by atoms with Crippen LogP contribution in [0.25, 0.3) is 0 Å². The lowest BCUT2D eigenvalue weighted by molar-refractivity contribution is 0.565. The largest absolute Gasteiger partial charge is 0.245 e. The first-order valence-electron chi connectivity index (χ1n) is 5.70. The summed E-state index contributed by atoms with van der Waals surface area (Å²) in [5, 5.41) is 16.1. The molecule has 0 atom stereocenters. The lowest BCUT2D eigenvalue weighted by Crippen LogP contribution is -1.98. The van der Waals surface area contributed by atoms with E-state index in [0.717, 1.165) is 23.0 Å². The van der Waals surface area contributed by atoms with Crippen LogP contribution in [0.2, 0.25) is 0 Å². The van der Waals surface area contributed by atoms with E-state index < -0.39 is 0 Å². The van der Waals surface area contributed by atoms with Crippen molar-refractivity contribution >= 4 is 23.1 Å². The van der Waals surface area contributed by atoms with Gasteiger partial charge in [0.05, 0.1) is 16.7 Å². The standard InChI is InChI=1S/C10H13N5S2/c1-2-9-11-7(5-16-9)6-17-10-12-13-14-15(10)8-3-4-8/h5,8H,2-4,6H2,1H3. The Bertz CT molecular complexity index is 502. The number of hydrogen-bond donors (Lipinski definition) is 0. The Labute approximate surface area is 108 Å². The van der Waals surface area contributed by atoms with Crippen molar-refractivity contribution in [3.8, 4) is 0 Å². The Morgan fingerprint density at radius 2 is 2.41 bits per heavy atom. The molecule has 1 aliphatic rings. The van der Waals surface area contributed by atoms with E-state index in [1.807, 2.05) is 4.68 Å². The molecule has 1 saturated carbocycles. The van der Waals surface area contributed by atoms with Gasteiger partial charge in [-0.1, -0.05) is 18.7 Å². The number of rotatable bonds is 5. The van der Waals surface area contributed by atoms with Crippen molar-refractivity contribution in [2.24, 2.45) is 0 Å². The fraction of sp³-hybridized carbons (Fsp3) is 0.600. The Hall–Kier alpha value is -0.950. The fourth-order valence-corrected chi connectivity index (χ4v) is 3.23. The number of aryl methyl sites for hydroxylation is 1. The summed E-state index contributed by atoms with van der Waals surface area (Å²) in [6.45, 7) is 2.13. The van der Waals surface area contributed by atoms with Crippen molar-refractivity contribution in [1.29, 1.82) is 0 Å². The van der Waals surface area contributed by atoms with Crippen LogP contribution >= 0.6 is 23.1 Å². The molecule has 0 saturated heterocycles. The average molecular weight is 267 g/mol. The number of tetrazole rings is 1. The number of nitrogens with zero attached hydrogens (tertiary/aromatic N) is 5. The molecule has 2 aromatic heterocycles. The Kier molecular flexibility index (Phi) is 3.11. The molecule has 0 unspecified atom stereocenters. The van der Waals surface area contributed by atoms with E-state index in [-0.39, 0.29) is 0 Å². The van der Waals surface area contributed by atoms with Gasteiger partial charge >= 0.3 is 0 Å². The molecule has 0 aliphatic heterocycles. The predicted molar refractivity (Wildman–Crippen MR) is 67.1 cm³/mol. The Morgan fingerprint density at radius 1 is 1.53 bits per heavy atom. The van der Waals surface area contributed by atoms with E-state index in [2.05, 4.69) is 32.8 Å². The summed E-state index contributed by atoms with van der Waals surface area (Å²) >= 11 is 3.40. The number of thioether (sulfide) groups is 1. The minimum Gasteiger partial charge on any atom is -0.245 e. The van der Waals surface area contributed by atoms with Crippen LogP contribution in [0.15, 0.2) is 10.5 Å². The topological polar surface area (TPSA) is 56.5 Å². The normalized spacial score (nSPS) is 15.4. The summed E-state index contributed by atoms with van der Waals surface area (Å²) in [4.78, 5) is 4.54. The first kappa shape index (κ1) is 11.2. The van der Waals surface area contributed by atoms with Crippen LogP contribution in [0.5, 0.6) is 0 Å². The van der Waals surface area contributed by atoms with Crippen LogP contribution in [0.1, 0.15) is 36.5 Å². The second-order valence-electron chi connectivity index (χ2n) is 4.01. The molecule has 2 heterocycles. The zero-order valence-corrected chi connectivity index (χ0v) is 11.2. The van der Waals surface area contributed by atoms with Crippen LogP contribution in [-0.4, -0.2) is 25.2 Å². The van der Waals surface area contributed by atoms with Gasteiger partial charge in [0.25, 0.3) is 0 Å². The lowest BCUT2D eigenvalue weighted by Gasteiger charge is -1.99. The number of hydrogen-bond acceptors (Lipinski definition) is 6. The molecule has 2 aromatic rings. The maximum absolute atomic E-state index is 4.54. The third-order valence-electron chi connectivity index (χ3n) is 2.61. The molecule has 90 valence electrons. The molecule has 0 radical (unpaired) electrons. The number of thiazole rings is 1. The van der Waals surface area contributed by atoms with E-state index in [1.165, 1.54) is 17.8 Å². The highest BCUT2D eigenvalue weighted by Gasteiger charge is 2.27. The lowest BCUT2D eigenvalue weighted by atomic mass is 10.5. The highest BCUT2D eigenvalue weighted by molar-refractivity contribution is 7.98. The summed E-state index contributed by atoms with van der Waals surface area (Å²) in [5.41, 5.74) is 1.13. The molecular weight excluding hydrogens is 254 g/mol. The fourth-order valence-electron chi connectivity index (χ4n) is 1.54. The van der Waals surface area contributed by atoms with Crippen molar-refractivity contribution in [1.82, 2.24) is 25.2 Å². The van der Waals surface area contributed by atoms with Gasteiger partial charge in [-0.05, 0) is 29.7 Å². The molecule has 0 spiro atoms. The number of aromatic nitrogens is 5. The van der Waals surface area contributed by atoms with Crippen LogP contribution in [0.4, 0.5) is 0 Å². The third-order valence-corrected chi connectivity index (χ3v) is 4.62. The minimum absolute atomic E-state index is 0.536. The summed E-state index contributed by atoms with van der Waals surface area (Å²) in [5.74, 6) is 0.851. The highest BCUT2D eigenvalue weighted by Crippen LogP contribution is 2.36. The van der Waals surface area contributed by atoms with Crippen molar-refractivity contribution in [2.75, 3.05) is 0 Å². The van der Waals surface area contributed by atoms with Gasteiger partial charge in [0.1, 0.15) is 0 Å². The molecule has 7 heteroatoms. The molecule has 1 fully saturated rings. The van der Waals surface area contributed by atoms with E-state index >= 15 is 0 Å². The first-order valence-corrected chi connectivity index (χ1v) is 7.57. The minimum atomic E-state index is 0.536. The molecule has 5 nitrogen and oxygen atoms in total.